The van der Waals surface area contributed by atoms with Crippen molar-refractivity contribution in [3.8, 4) is 6.07 Å². The van der Waals surface area contributed by atoms with E-state index in [-0.39, 0.29) is 5.57 Å². The second-order valence-electron chi connectivity index (χ2n) is 3.76. The minimum absolute atomic E-state index is 0.0155. The largest absolute Gasteiger partial charge is 0.296 e. The van der Waals surface area contributed by atoms with Gasteiger partial charge in [-0.1, -0.05) is 35.5 Å². The molecular formula is C13H9ClN4OS2. The molecule has 2 rings (SSSR count). The molecule has 1 amide bonds. The zero-order valence-corrected chi connectivity index (χ0v) is 13.2. The number of nitrogens with one attached hydrogen (secondary N) is 1. The van der Waals surface area contributed by atoms with Crippen LogP contribution in [0.25, 0.3) is 6.08 Å². The summed E-state index contributed by atoms with van der Waals surface area (Å²) in [6, 6.07) is 8.71. The maximum Gasteiger partial charge on any atom is 0.268 e. The number of hydrogen-bond acceptors (Lipinski definition) is 6. The number of thioether (sulfide) groups is 1. The quantitative estimate of drug-likeness (QED) is 0.525. The minimum atomic E-state index is -0.517. The molecule has 0 saturated heterocycles. The number of halogens is 1. The number of hydrogen-bond donors (Lipinski definition) is 1. The molecule has 0 spiro atoms. The van der Waals surface area contributed by atoms with Crippen LogP contribution in [0.1, 0.15) is 5.56 Å². The van der Waals surface area contributed by atoms with E-state index in [0.717, 1.165) is 11.5 Å². The fraction of sp³-hybridized carbons (Fsp3) is 0.0769. The lowest BCUT2D eigenvalue weighted by atomic mass is 10.1. The summed E-state index contributed by atoms with van der Waals surface area (Å²) in [4.78, 5) is 16.1. The molecule has 8 heteroatoms. The summed E-state index contributed by atoms with van der Waals surface area (Å²) in [6.07, 6.45) is 3.33. The fourth-order valence-electron chi connectivity index (χ4n) is 1.38. The van der Waals surface area contributed by atoms with Crippen molar-refractivity contribution in [2.45, 2.75) is 5.16 Å². The highest BCUT2D eigenvalue weighted by Gasteiger charge is 2.12. The summed E-state index contributed by atoms with van der Waals surface area (Å²) in [6.45, 7) is 0. The molecule has 0 aliphatic carbocycles. The van der Waals surface area contributed by atoms with Crippen molar-refractivity contribution >= 4 is 52.0 Å². The van der Waals surface area contributed by atoms with Gasteiger partial charge in [-0.05, 0) is 30.0 Å². The van der Waals surface area contributed by atoms with Crippen molar-refractivity contribution in [3.05, 3.63) is 40.4 Å². The third-order valence-corrected chi connectivity index (χ3v) is 3.90. The Morgan fingerprint density at radius 3 is 2.76 bits per heavy atom. The molecule has 21 heavy (non-hydrogen) atoms. The fourth-order valence-corrected chi connectivity index (χ4v) is 2.63. The molecule has 0 atom stereocenters. The van der Waals surface area contributed by atoms with Crippen LogP contribution in [0, 0.1) is 11.3 Å². The summed E-state index contributed by atoms with van der Waals surface area (Å²) >= 11 is 8.24. The number of anilines is 1. The van der Waals surface area contributed by atoms with E-state index >= 15 is 0 Å². The zero-order valence-electron chi connectivity index (χ0n) is 10.8. The average Bonchev–Trinajstić information content (AvgIpc) is 2.94. The van der Waals surface area contributed by atoms with Crippen LogP contribution in [0.2, 0.25) is 5.02 Å². The average molecular weight is 337 g/mol. The summed E-state index contributed by atoms with van der Waals surface area (Å²) < 4.78 is 4.03. The molecular weight excluding hydrogens is 328 g/mol. The maximum atomic E-state index is 12.0. The standard InChI is InChI=1S/C13H9ClN4OS2/c1-20-13-17-12(21-18-13)16-11(19)9(7-15)6-8-2-4-10(14)5-3-8/h2-6H,1H3,(H,16,17,18,19)/b9-6-. The van der Waals surface area contributed by atoms with E-state index in [0.29, 0.717) is 20.9 Å². The van der Waals surface area contributed by atoms with Gasteiger partial charge in [-0.25, -0.2) is 0 Å². The Morgan fingerprint density at radius 2 is 2.19 bits per heavy atom. The van der Waals surface area contributed by atoms with Crippen molar-refractivity contribution in [1.82, 2.24) is 9.36 Å². The molecule has 0 fully saturated rings. The molecule has 1 aromatic heterocycles. The molecule has 1 N–H and O–H groups in total. The van der Waals surface area contributed by atoms with E-state index < -0.39 is 5.91 Å². The van der Waals surface area contributed by atoms with Crippen LogP contribution in [0.3, 0.4) is 0 Å². The first-order valence-corrected chi connectivity index (χ1v) is 8.06. The van der Waals surface area contributed by atoms with Gasteiger partial charge < -0.3 is 0 Å². The lowest BCUT2D eigenvalue weighted by Crippen LogP contribution is -2.13. The van der Waals surface area contributed by atoms with Crippen molar-refractivity contribution in [3.63, 3.8) is 0 Å². The van der Waals surface area contributed by atoms with Crippen molar-refractivity contribution < 1.29 is 4.79 Å². The molecule has 0 bridgehead atoms. The molecule has 0 radical (unpaired) electrons. The van der Waals surface area contributed by atoms with Gasteiger partial charge in [0, 0.05) is 16.6 Å². The summed E-state index contributed by atoms with van der Waals surface area (Å²) in [7, 11) is 0. The Hall–Kier alpha value is -1.88. The summed E-state index contributed by atoms with van der Waals surface area (Å²) in [5.41, 5.74) is 0.700. The van der Waals surface area contributed by atoms with Crippen LogP contribution in [0.5, 0.6) is 0 Å². The number of aromatic nitrogens is 2. The summed E-state index contributed by atoms with van der Waals surface area (Å²) in [5.74, 6) is -0.517. The Bertz CT molecular complexity index is 719. The predicted molar refractivity (Wildman–Crippen MR) is 85.4 cm³/mol. The Balaban J connectivity index is 2.15. The van der Waals surface area contributed by atoms with E-state index in [1.165, 1.54) is 17.8 Å². The number of carbonyl (C=O) groups excluding carboxylic acids is 1. The molecule has 5 nitrogen and oxygen atoms in total. The number of carbonyl (C=O) groups is 1. The lowest BCUT2D eigenvalue weighted by molar-refractivity contribution is -0.112. The Morgan fingerprint density at radius 1 is 1.48 bits per heavy atom. The van der Waals surface area contributed by atoms with Gasteiger partial charge in [0.1, 0.15) is 11.6 Å². The van der Waals surface area contributed by atoms with Gasteiger partial charge in [0.25, 0.3) is 5.91 Å². The van der Waals surface area contributed by atoms with Crippen LogP contribution in [0.4, 0.5) is 5.13 Å². The molecule has 0 saturated carbocycles. The van der Waals surface area contributed by atoms with E-state index in [9.17, 15) is 4.79 Å². The molecule has 106 valence electrons. The van der Waals surface area contributed by atoms with E-state index in [4.69, 9.17) is 16.9 Å². The van der Waals surface area contributed by atoms with Gasteiger partial charge in [0.05, 0.1) is 0 Å². The Kier molecular flexibility index (Phi) is 5.33. The Labute approximate surface area is 134 Å². The highest BCUT2D eigenvalue weighted by Crippen LogP contribution is 2.19. The third kappa shape index (κ3) is 4.29. The first kappa shape index (κ1) is 15.5. The van der Waals surface area contributed by atoms with Crippen LogP contribution >= 0.6 is 34.9 Å². The van der Waals surface area contributed by atoms with Crippen LogP contribution in [0.15, 0.2) is 35.0 Å². The highest BCUT2D eigenvalue weighted by atomic mass is 35.5. The number of rotatable bonds is 4. The monoisotopic (exact) mass is 336 g/mol. The van der Waals surface area contributed by atoms with Gasteiger partial charge in [-0.2, -0.15) is 14.6 Å². The molecule has 0 aliphatic rings. The van der Waals surface area contributed by atoms with E-state index in [1.54, 1.807) is 24.3 Å². The van der Waals surface area contributed by atoms with Gasteiger partial charge >= 0.3 is 0 Å². The third-order valence-electron chi connectivity index (χ3n) is 2.36. The molecule has 1 heterocycles. The van der Waals surface area contributed by atoms with Crippen LogP contribution in [-0.4, -0.2) is 21.5 Å². The lowest BCUT2D eigenvalue weighted by Gasteiger charge is -2.00. The van der Waals surface area contributed by atoms with Gasteiger partial charge in [0.15, 0.2) is 0 Å². The SMILES string of the molecule is CSc1nsc(NC(=O)/C(C#N)=C\c2ccc(Cl)cc2)n1. The highest BCUT2D eigenvalue weighted by molar-refractivity contribution is 7.98. The number of nitrogens with zero attached hydrogens (tertiary/aromatic N) is 3. The van der Waals surface area contributed by atoms with E-state index in [1.807, 2.05) is 12.3 Å². The maximum absolute atomic E-state index is 12.0. The van der Waals surface area contributed by atoms with Crippen molar-refractivity contribution in [2.24, 2.45) is 0 Å². The smallest absolute Gasteiger partial charge is 0.268 e. The zero-order chi connectivity index (χ0) is 15.2. The van der Waals surface area contributed by atoms with Gasteiger partial charge in [0.2, 0.25) is 10.3 Å². The number of benzene rings is 1. The normalized spacial score (nSPS) is 11.0. The van der Waals surface area contributed by atoms with Crippen LogP contribution in [-0.2, 0) is 4.79 Å². The van der Waals surface area contributed by atoms with E-state index in [2.05, 4.69) is 14.7 Å². The molecule has 0 aliphatic heterocycles. The van der Waals surface area contributed by atoms with Crippen LogP contribution < -0.4 is 5.32 Å². The molecule has 1 aromatic carbocycles. The summed E-state index contributed by atoms with van der Waals surface area (Å²) in [5, 5.41) is 13.2. The first-order valence-electron chi connectivity index (χ1n) is 5.69. The second kappa shape index (κ2) is 7.22. The van der Waals surface area contributed by atoms with Crippen molar-refractivity contribution in [1.29, 1.82) is 5.26 Å². The number of nitriles is 1. The molecule has 0 unspecified atom stereocenters. The van der Waals surface area contributed by atoms with Gasteiger partial charge in [-0.15, -0.1) is 0 Å². The predicted octanol–water partition coefficient (Wildman–Crippen LogP) is 3.46. The second-order valence-corrected chi connectivity index (χ2v) is 5.72. The van der Waals surface area contributed by atoms with Crippen molar-refractivity contribution in [2.75, 3.05) is 11.6 Å². The minimum Gasteiger partial charge on any atom is -0.296 e. The molecule has 2 aromatic rings. The number of amides is 1. The topological polar surface area (TPSA) is 78.7 Å². The van der Waals surface area contributed by atoms with Gasteiger partial charge in [-0.3, -0.25) is 10.1 Å². The first-order chi connectivity index (χ1) is 10.1.